The van der Waals surface area contributed by atoms with Gasteiger partial charge in [0, 0.05) is 26.9 Å². The molecule has 0 aromatic carbocycles. The number of ether oxygens (including phenoxy) is 1. The zero-order valence-corrected chi connectivity index (χ0v) is 13.5. The first kappa shape index (κ1) is 16.9. The van der Waals surface area contributed by atoms with Gasteiger partial charge in [-0.1, -0.05) is 0 Å². The van der Waals surface area contributed by atoms with E-state index in [4.69, 9.17) is 10.00 Å². The van der Waals surface area contributed by atoms with Crippen LogP contribution in [0.1, 0.15) is 34.5 Å². The van der Waals surface area contributed by atoms with Crippen LogP contribution < -0.4 is 5.32 Å². The molecule has 7 heteroatoms. The van der Waals surface area contributed by atoms with Crippen LogP contribution in [0.15, 0.2) is 12.3 Å². The van der Waals surface area contributed by atoms with Gasteiger partial charge in [0.25, 0.3) is 5.91 Å². The quantitative estimate of drug-likeness (QED) is 0.879. The maximum absolute atomic E-state index is 12.9. The van der Waals surface area contributed by atoms with Crippen molar-refractivity contribution in [2.75, 3.05) is 27.3 Å². The second kappa shape index (κ2) is 6.75. The smallest absolute Gasteiger partial charge is 0.273 e. The van der Waals surface area contributed by atoms with Crippen LogP contribution in [0.25, 0.3) is 0 Å². The molecule has 23 heavy (non-hydrogen) atoms. The Hall–Kier alpha value is -2.46. The summed E-state index contributed by atoms with van der Waals surface area (Å²) in [6.07, 6.45) is 2.65. The number of carbonyl (C=O) groups excluding carboxylic acids is 2. The van der Waals surface area contributed by atoms with E-state index in [1.54, 1.807) is 20.0 Å². The van der Waals surface area contributed by atoms with Crippen molar-refractivity contribution in [2.45, 2.75) is 25.3 Å². The maximum Gasteiger partial charge on any atom is 0.273 e. The SMILES string of the molecule is CNC(=O)C1(COC)CCCN1C(=O)c1cc(C)c(C#N)cn1. The van der Waals surface area contributed by atoms with E-state index in [1.807, 2.05) is 6.07 Å². The molecule has 0 aliphatic carbocycles. The summed E-state index contributed by atoms with van der Waals surface area (Å²) in [6.45, 7) is 2.35. The lowest BCUT2D eigenvalue weighted by Crippen LogP contribution is -2.59. The molecule has 2 rings (SSSR count). The second-order valence-corrected chi connectivity index (χ2v) is 5.60. The van der Waals surface area contributed by atoms with Crippen LogP contribution in [0.3, 0.4) is 0 Å². The summed E-state index contributed by atoms with van der Waals surface area (Å²) in [7, 11) is 3.06. The lowest BCUT2D eigenvalue weighted by Gasteiger charge is -2.36. The third-order valence-electron chi connectivity index (χ3n) is 4.22. The van der Waals surface area contributed by atoms with Crippen LogP contribution in [-0.4, -0.2) is 54.5 Å². The van der Waals surface area contributed by atoms with Gasteiger partial charge in [0.15, 0.2) is 0 Å². The van der Waals surface area contributed by atoms with Gasteiger partial charge < -0.3 is 15.0 Å². The number of aryl methyl sites for hydroxylation is 1. The Morgan fingerprint density at radius 1 is 1.57 bits per heavy atom. The van der Waals surface area contributed by atoms with Gasteiger partial charge in [-0.15, -0.1) is 0 Å². The van der Waals surface area contributed by atoms with Crippen LogP contribution in [0, 0.1) is 18.3 Å². The zero-order valence-electron chi connectivity index (χ0n) is 13.5. The Morgan fingerprint density at radius 3 is 2.87 bits per heavy atom. The molecule has 1 unspecified atom stereocenters. The highest BCUT2D eigenvalue weighted by atomic mass is 16.5. The van der Waals surface area contributed by atoms with E-state index in [1.165, 1.54) is 18.2 Å². The maximum atomic E-state index is 12.9. The van der Waals surface area contributed by atoms with E-state index >= 15 is 0 Å². The lowest BCUT2D eigenvalue weighted by atomic mass is 9.95. The number of hydrogen-bond acceptors (Lipinski definition) is 5. The highest BCUT2D eigenvalue weighted by Gasteiger charge is 2.49. The zero-order chi connectivity index (χ0) is 17.0. The van der Waals surface area contributed by atoms with Gasteiger partial charge in [-0.25, -0.2) is 4.98 Å². The molecule has 1 aromatic heterocycles. The minimum atomic E-state index is -1.01. The number of nitrogens with one attached hydrogen (secondary N) is 1. The third-order valence-corrected chi connectivity index (χ3v) is 4.22. The van der Waals surface area contributed by atoms with Gasteiger partial charge in [0.05, 0.1) is 12.2 Å². The molecule has 1 fully saturated rings. The topological polar surface area (TPSA) is 95.3 Å². The van der Waals surface area contributed by atoms with Gasteiger partial charge in [0.2, 0.25) is 5.91 Å². The molecule has 1 aromatic rings. The monoisotopic (exact) mass is 316 g/mol. The van der Waals surface area contributed by atoms with Crippen LogP contribution in [0.5, 0.6) is 0 Å². The summed E-state index contributed by atoms with van der Waals surface area (Å²) in [5.74, 6) is -0.564. The van der Waals surface area contributed by atoms with Crippen LogP contribution >= 0.6 is 0 Å². The fourth-order valence-corrected chi connectivity index (χ4v) is 3.03. The summed E-state index contributed by atoms with van der Waals surface area (Å²) in [5, 5.41) is 11.6. The van der Waals surface area contributed by atoms with Crippen molar-refractivity contribution in [3.8, 4) is 6.07 Å². The van der Waals surface area contributed by atoms with Crippen molar-refractivity contribution < 1.29 is 14.3 Å². The number of amides is 2. The number of aromatic nitrogens is 1. The van der Waals surface area contributed by atoms with Crippen LogP contribution in [0.2, 0.25) is 0 Å². The number of rotatable bonds is 4. The van der Waals surface area contributed by atoms with Crippen molar-refractivity contribution >= 4 is 11.8 Å². The molecule has 1 atom stereocenters. The minimum Gasteiger partial charge on any atom is -0.382 e. The predicted molar refractivity (Wildman–Crippen MR) is 82.6 cm³/mol. The average Bonchev–Trinajstić information content (AvgIpc) is 2.98. The number of methoxy groups -OCH3 is 1. The Morgan fingerprint density at radius 2 is 2.30 bits per heavy atom. The van der Waals surface area contributed by atoms with Crippen molar-refractivity contribution in [1.82, 2.24) is 15.2 Å². The number of carbonyl (C=O) groups is 2. The fourth-order valence-electron chi connectivity index (χ4n) is 3.03. The summed E-state index contributed by atoms with van der Waals surface area (Å²) >= 11 is 0. The fraction of sp³-hybridized carbons (Fsp3) is 0.500. The van der Waals surface area contributed by atoms with Gasteiger partial charge in [0.1, 0.15) is 17.3 Å². The Kier molecular flexibility index (Phi) is 4.96. The molecule has 7 nitrogen and oxygen atoms in total. The standard InChI is InChI=1S/C16H20N4O3/c1-11-7-13(19-9-12(11)8-17)14(21)20-6-4-5-16(20,10-23-3)15(22)18-2/h7,9H,4-6,10H2,1-3H3,(H,18,22). The number of hydrogen-bond donors (Lipinski definition) is 1. The Bertz CT molecular complexity index is 668. The number of likely N-dealkylation sites (N-methyl/N-ethyl adjacent to an activating group) is 1. The molecule has 2 heterocycles. The molecule has 0 saturated carbocycles. The molecule has 1 aliphatic heterocycles. The molecule has 0 radical (unpaired) electrons. The van der Waals surface area contributed by atoms with Crippen LogP contribution in [0.4, 0.5) is 0 Å². The molecule has 0 spiro atoms. The average molecular weight is 316 g/mol. The van der Waals surface area contributed by atoms with E-state index in [0.29, 0.717) is 24.1 Å². The number of nitriles is 1. The minimum absolute atomic E-state index is 0.133. The van der Waals surface area contributed by atoms with E-state index in [2.05, 4.69) is 10.3 Å². The number of pyridine rings is 1. The largest absolute Gasteiger partial charge is 0.382 e. The summed E-state index contributed by atoms with van der Waals surface area (Å²) in [4.78, 5) is 30.9. The molecule has 122 valence electrons. The summed E-state index contributed by atoms with van der Waals surface area (Å²) < 4.78 is 5.21. The highest BCUT2D eigenvalue weighted by molar-refractivity contribution is 5.98. The molecule has 0 bridgehead atoms. The first-order valence-corrected chi connectivity index (χ1v) is 7.40. The Balaban J connectivity index is 2.38. The Labute approximate surface area is 135 Å². The van der Waals surface area contributed by atoms with E-state index in [0.717, 1.165) is 6.42 Å². The number of nitrogens with zero attached hydrogens (tertiary/aromatic N) is 3. The van der Waals surface area contributed by atoms with E-state index in [-0.39, 0.29) is 24.1 Å². The van der Waals surface area contributed by atoms with Gasteiger partial charge in [-0.2, -0.15) is 5.26 Å². The van der Waals surface area contributed by atoms with Crippen molar-refractivity contribution in [1.29, 1.82) is 5.26 Å². The van der Waals surface area contributed by atoms with Gasteiger partial charge in [-0.3, -0.25) is 9.59 Å². The second-order valence-electron chi connectivity index (χ2n) is 5.60. The van der Waals surface area contributed by atoms with Crippen molar-refractivity contribution in [2.24, 2.45) is 0 Å². The first-order valence-electron chi connectivity index (χ1n) is 7.40. The van der Waals surface area contributed by atoms with Crippen molar-refractivity contribution in [3.63, 3.8) is 0 Å². The van der Waals surface area contributed by atoms with E-state index < -0.39 is 5.54 Å². The van der Waals surface area contributed by atoms with Gasteiger partial charge in [-0.05, 0) is 31.4 Å². The molecular weight excluding hydrogens is 296 g/mol. The third kappa shape index (κ3) is 2.90. The van der Waals surface area contributed by atoms with Crippen LogP contribution in [-0.2, 0) is 9.53 Å². The molecular formula is C16H20N4O3. The van der Waals surface area contributed by atoms with Crippen molar-refractivity contribution in [3.05, 3.63) is 29.1 Å². The summed E-state index contributed by atoms with van der Waals surface area (Å²) in [6, 6.07) is 3.61. The highest BCUT2D eigenvalue weighted by Crippen LogP contribution is 2.31. The molecule has 1 saturated heterocycles. The van der Waals surface area contributed by atoms with Gasteiger partial charge >= 0.3 is 0 Å². The predicted octanol–water partition coefficient (Wildman–Crippen LogP) is 0.629. The first-order chi connectivity index (χ1) is 11.0. The lowest BCUT2D eigenvalue weighted by molar-refractivity contribution is -0.133. The molecule has 1 N–H and O–H groups in total. The number of likely N-dealkylation sites (tertiary alicyclic amines) is 1. The molecule has 1 aliphatic rings. The molecule has 2 amide bonds. The summed E-state index contributed by atoms with van der Waals surface area (Å²) in [5.41, 5.74) is 0.330. The normalized spacial score (nSPS) is 20.2. The van der Waals surface area contributed by atoms with E-state index in [9.17, 15) is 9.59 Å².